The first-order valence-electron chi connectivity index (χ1n) is 6.91. The first-order valence-corrected chi connectivity index (χ1v) is 6.91. The third-order valence-corrected chi connectivity index (χ3v) is 3.51. The van der Waals surface area contributed by atoms with Gasteiger partial charge in [0.25, 0.3) is 0 Å². The number of ether oxygens (including phenoxy) is 1. The Bertz CT molecular complexity index is 576. The number of morpholine rings is 1. The zero-order chi connectivity index (χ0) is 16.3. The first-order chi connectivity index (χ1) is 10.3. The average Bonchev–Trinajstić information content (AvgIpc) is 2.45. The highest BCUT2D eigenvalue weighted by atomic mass is 35.5. The molecule has 1 aliphatic rings. The smallest absolute Gasteiger partial charge is 0.373 e. The summed E-state index contributed by atoms with van der Waals surface area (Å²) >= 11 is 0. The molecule has 0 radical (unpaired) electrons. The van der Waals surface area contributed by atoms with Crippen LogP contribution in [0.1, 0.15) is 25.0 Å². The van der Waals surface area contributed by atoms with Crippen LogP contribution < -0.4 is 10.6 Å². The van der Waals surface area contributed by atoms with Gasteiger partial charge < -0.3 is 15.4 Å². The number of hydrogen-bond donors (Lipinski definition) is 2. The molecule has 128 valence electrons. The Morgan fingerprint density at radius 3 is 2.74 bits per heavy atom. The molecule has 23 heavy (non-hydrogen) atoms. The van der Waals surface area contributed by atoms with Crippen molar-refractivity contribution < 1.29 is 17.9 Å². The number of rotatable bonds is 3. The van der Waals surface area contributed by atoms with Crippen molar-refractivity contribution in [2.45, 2.75) is 38.3 Å². The summed E-state index contributed by atoms with van der Waals surface area (Å²) in [4.78, 5) is 3.72. The first kappa shape index (κ1) is 19.5. The Morgan fingerprint density at radius 2 is 2.17 bits per heavy atom. The van der Waals surface area contributed by atoms with Gasteiger partial charge in [-0.3, -0.25) is 0 Å². The van der Waals surface area contributed by atoms with Crippen LogP contribution in [-0.2, 0) is 10.9 Å². The molecule has 3 atom stereocenters. The molecule has 0 spiro atoms. The van der Waals surface area contributed by atoms with Crippen LogP contribution in [0.4, 0.5) is 19.0 Å². The predicted molar refractivity (Wildman–Crippen MR) is 81.5 cm³/mol. The fourth-order valence-electron chi connectivity index (χ4n) is 2.28. The monoisotopic (exact) mass is 350 g/mol. The molecular formula is C14H18ClF3N4O. The van der Waals surface area contributed by atoms with E-state index in [0.717, 1.165) is 12.3 Å². The van der Waals surface area contributed by atoms with Gasteiger partial charge >= 0.3 is 6.18 Å². The molecule has 0 aliphatic carbocycles. The molecule has 0 saturated carbocycles. The summed E-state index contributed by atoms with van der Waals surface area (Å²) in [7, 11) is 0. The highest BCUT2D eigenvalue weighted by Crippen LogP contribution is 2.30. The molecule has 2 N–H and O–H groups in total. The van der Waals surface area contributed by atoms with Gasteiger partial charge in [-0.25, -0.2) is 4.98 Å². The zero-order valence-electron chi connectivity index (χ0n) is 12.6. The van der Waals surface area contributed by atoms with Crippen LogP contribution >= 0.6 is 12.4 Å². The van der Waals surface area contributed by atoms with Crippen molar-refractivity contribution >= 4 is 18.2 Å². The molecule has 0 unspecified atom stereocenters. The third-order valence-electron chi connectivity index (χ3n) is 3.51. The van der Waals surface area contributed by atoms with Gasteiger partial charge in [0.1, 0.15) is 11.9 Å². The largest absolute Gasteiger partial charge is 0.417 e. The maximum atomic E-state index is 12.6. The van der Waals surface area contributed by atoms with E-state index < -0.39 is 11.7 Å². The lowest BCUT2D eigenvalue weighted by atomic mass is 10.1. The zero-order valence-corrected chi connectivity index (χ0v) is 13.5. The summed E-state index contributed by atoms with van der Waals surface area (Å²) in [5.41, 5.74) is -1.07. The molecule has 0 aromatic carbocycles. The third kappa shape index (κ3) is 4.96. The number of nitriles is 1. The van der Waals surface area contributed by atoms with Crippen molar-refractivity contribution in [3.05, 3.63) is 23.4 Å². The highest BCUT2D eigenvalue weighted by molar-refractivity contribution is 5.85. The number of aromatic nitrogens is 1. The summed E-state index contributed by atoms with van der Waals surface area (Å²) in [5.74, 6) is 0.142. The van der Waals surface area contributed by atoms with Gasteiger partial charge in [-0.1, -0.05) is 0 Å². The molecule has 1 saturated heterocycles. The number of pyridine rings is 1. The molecule has 0 bridgehead atoms. The van der Waals surface area contributed by atoms with Crippen molar-refractivity contribution in [2.75, 3.05) is 18.4 Å². The molecule has 1 aliphatic heterocycles. The van der Waals surface area contributed by atoms with E-state index in [1.165, 1.54) is 0 Å². The van der Waals surface area contributed by atoms with Crippen LogP contribution in [0.2, 0.25) is 0 Å². The predicted octanol–water partition coefficient (Wildman–Crippen LogP) is 2.57. The molecule has 2 rings (SSSR count). The quantitative estimate of drug-likeness (QED) is 0.876. The molecule has 5 nitrogen and oxygen atoms in total. The van der Waals surface area contributed by atoms with E-state index in [9.17, 15) is 13.2 Å². The minimum atomic E-state index is -4.51. The molecule has 1 aromatic rings. The molecule has 2 heterocycles. The van der Waals surface area contributed by atoms with Gasteiger partial charge in [0.05, 0.1) is 29.4 Å². The lowest BCUT2D eigenvalue weighted by Crippen LogP contribution is -2.53. The summed E-state index contributed by atoms with van der Waals surface area (Å²) in [6.07, 6.45) is -3.72. The maximum Gasteiger partial charge on any atom is 0.417 e. The Kier molecular flexibility index (Phi) is 6.62. The fourth-order valence-corrected chi connectivity index (χ4v) is 2.28. The van der Waals surface area contributed by atoms with Crippen molar-refractivity contribution in [3.63, 3.8) is 0 Å². The molecule has 1 fully saturated rings. The van der Waals surface area contributed by atoms with E-state index in [1.54, 1.807) is 6.07 Å². The normalized spacial score (nSPS) is 24.4. The van der Waals surface area contributed by atoms with E-state index >= 15 is 0 Å². The number of anilines is 1. The van der Waals surface area contributed by atoms with Crippen LogP contribution in [-0.4, -0.2) is 36.3 Å². The van der Waals surface area contributed by atoms with Crippen LogP contribution in [0.15, 0.2) is 12.3 Å². The van der Waals surface area contributed by atoms with Gasteiger partial charge in [0.2, 0.25) is 0 Å². The van der Waals surface area contributed by atoms with E-state index in [2.05, 4.69) is 15.6 Å². The van der Waals surface area contributed by atoms with Crippen LogP contribution in [0.5, 0.6) is 0 Å². The number of nitrogens with zero attached hydrogens (tertiary/aromatic N) is 2. The second-order valence-electron chi connectivity index (χ2n) is 5.28. The fraction of sp³-hybridized carbons (Fsp3) is 0.571. The number of alkyl halides is 3. The number of nitrogens with one attached hydrogen (secondary N) is 2. The Labute approximate surface area is 138 Å². The highest BCUT2D eigenvalue weighted by Gasteiger charge is 2.32. The second-order valence-corrected chi connectivity index (χ2v) is 5.28. The SMILES string of the molecule is C[C@@H]1CN[C@H](CNc2ncc(C(F)(F)F)cc2C#N)[C@H](C)O1.Cl. The van der Waals surface area contributed by atoms with Gasteiger partial charge in [-0.05, 0) is 19.9 Å². The summed E-state index contributed by atoms with van der Waals surface area (Å²) in [6, 6.07) is 2.53. The van der Waals surface area contributed by atoms with E-state index in [-0.39, 0.29) is 42.0 Å². The van der Waals surface area contributed by atoms with E-state index in [4.69, 9.17) is 10.00 Å². The van der Waals surface area contributed by atoms with Crippen molar-refractivity contribution in [3.8, 4) is 6.07 Å². The number of hydrogen-bond acceptors (Lipinski definition) is 5. The standard InChI is InChI=1S/C14H17F3N4O.ClH/c1-8-5-19-12(9(2)22-8)7-21-13-10(4-18)3-11(6-20-13)14(15,16)17;/h3,6,8-9,12,19H,5,7H2,1-2H3,(H,20,21);1H/t8-,9+,12-;/m1./s1. The van der Waals surface area contributed by atoms with Crippen molar-refractivity contribution in [1.29, 1.82) is 5.26 Å². The Balaban J connectivity index is 0.00000264. The van der Waals surface area contributed by atoms with Crippen LogP contribution in [0.3, 0.4) is 0 Å². The minimum Gasteiger partial charge on any atom is -0.373 e. The van der Waals surface area contributed by atoms with Crippen molar-refractivity contribution in [2.24, 2.45) is 0 Å². The van der Waals surface area contributed by atoms with Crippen molar-refractivity contribution in [1.82, 2.24) is 10.3 Å². The number of halogens is 4. The van der Waals surface area contributed by atoms with Gasteiger partial charge in [0, 0.05) is 19.3 Å². The Hall–Kier alpha value is -1.56. The maximum absolute atomic E-state index is 12.6. The lowest BCUT2D eigenvalue weighted by Gasteiger charge is -2.34. The molecule has 0 amide bonds. The average molecular weight is 351 g/mol. The van der Waals surface area contributed by atoms with Gasteiger partial charge in [-0.15, -0.1) is 12.4 Å². The summed E-state index contributed by atoms with van der Waals surface area (Å²) in [5, 5.41) is 15.2. The summed E-state index contributed by atoms with van der Waals surface area (Å²) < 4.78 is 43.5. The van der Waals surface area contributed by atoms with Gasteiger partial charge in [-0.2, -0.15) is 18.4 Å². The topological polar surface area (TPSA) is 70.0 Å². The van der Waals surface area contributed by atoms with E-state index in [0.29, 0.717) is 13.1 Å². The van der Waals surface area contributed by atoms with Crippen LogP contribution in [0, 0.1) is 11.3 Å². The molecular weight excluding hydrogens is 333 g/mol. The lowest BCUT2D eigenvalue weighted by molar-refractivity contribution is -0.137. The van der Waals surface area contributed by atoms with E-state index in [1.807, 2.05) is 13.8 Å². The minimum absolute atomic E-state index is 0. The Morgan fingerprint density at radius 1 is 1.48 bits per heavy atom. The van der Waals surface area contributed by atoms with Crippen LogP contribution in [0.25, 0.3) is 0 Å². The second kappa shape index (κ2) is 7.81. The van der Waals surface area contributed by atoms with Gasteiger partial charge in [0.15, 0.2) is 0 Å². The molecule has 1 aromatic heterocycles. The summed E-state index contributed by atoms with van der Waals surface area (Å²) in [6.45, 7) is 4.97. The molecule has 9 heteroatoms.